The smallest absolute Gasteiger partial charge is 0.310 e. The number of esters is 1. The summed E-state index contributed by atoms with van der Waals surface area (Å²) in [6.45, 7) is 5.10. The van der Waals surface area contributed by atoms with Gasteiger partial charge in [-0.15, -0.1) is 0 Å². The number of carbonyl (C=O) groups excluding carboxylic acids is 1. The molecule has 9 heteroatoms. The van der Waals surface area contributed by atoms with E-state index in [-0.39, 0.29) is 26.2 Å². The van der Waals surface area contributed by atoms with Gasteiger partial charge in [0.05, 0.1) is 40.8 Å². The second-order valence-electron chi connectivity index (χ2n) is 13.9. The molecule has 0 heterocycles. The van der Waals surface area contributed by atoms with Gasteiger partial charge in [-0.05, 0) is 64.2 Å². The van der Waals surface area contributed by atoms with Gasteiger partial charge in [-0.1, -0.05) is 132 Å². The lowest BCUT2D eigenvalue weighted by atomic mass is 10.1. The molecule has 0 aliphatic carbocycles. The fourth-order valence-corrected chi connectivity index (χ4v) is 5.46. The van der Waals surface area contributed by atoms with Crippen LogP contribution >= 0.6 is 7.82 Å². The predicted octanol–water partition coefficient (Wildman–Crippen LogP) is 10.5. The van der Waals surface area contributed by atoms with E-state index in [1.165, 1.54) is 51.4 Å². The van der Waals surface area contributed by atoms with Crippen molar-refractivity contribution in [2.45, 2.75) is 136 Å². The molecule has 0 bridgehead atoms. The first kappa shape index (κ1) is 48.9. The van der Waals surface area contributed by atoms with Gasteiger partial charge >= 0.3 is 5.97 Å². The summed E-state index contributed by atoms with van der Waals surface area (Å²) in [6.07, 6.45) is 43.7. The van der Waals surface area contributed by atoms with Gasteiger partial charge in [-0.2, -0.15) is 0 Å². The number of ether oxygens (including phenoxy) is 2. The summed E-state index contributed by atoms with van der Waals surface area (Å²) < 4.78 is 34.3. The molecule has 0 N–H and O–H groups in total. The number of quaternary nitrogens is 1. The lowest BCUT2D eigenvalue weighted by molar-refractivity contribution is -0.870. The lowest BCUT2D eigenvalue weighted by Crippen LogP contribution is -2.37. The summed E-state index contributed by atoms with van der Waals surface area (Å²) in [7, 11) is 1.28. The number of phosphoric ester groups is 1. The van der Waals surface area contributed by atoms with E-state index < -0.39 is 19.9 Å². The number of allylic oxidation sites excluding steroid dienone is 11. The molecule has 0 saturated carbocycles. The van der Waals surface area contributed by atoms with Gasteiger partial charge in [0, 0.05) is 6.61 Å². The van der Waals surface area contributed by atoms with Gasteiger partial charge < -0.3 is 27.9 Å². The van der Waals surface area contributed by atoms with Crippen LogP contribution in [0.15, 0.2) is 72.9 Å². The molecule has 0 saturated heterocycles. The van der Waals surface area contributed by atoms with Crippen molar-refractivity contribution >= 4 is 13.8 Å². The van der Waals surface area contributed by atoms with E-state index in [0.717, 1.165) is 51.4 Å². The highest BCUT2D eigenvalue weighted by Crippen LogP contribution is 2.38. The zero-order chi connectivity index (χ0) is 37.7. The minimum Gasteiger partial charge on any atom is -0.756 e. The fourth-order valence-electron chi connectivity index (χ4n) is 4.73. The van der Waals surface area contributed by atoms with Crippen LogP contribution in [0.4, 0.5) is 0 Å². The average Bonchev–Trinajstić information content (AvgIpc) is 3.08. The molecule has 0 rings (SSSR count). The molecule has 0 spiro atoms. The highest BCUT2D eigenvalue weighted by atomic mass is 31.2. The third kappa shape index (κ3) is 39.0. The topological polar surface area (TPSA) is 94.1 Å². The molecular formula is C42H74NO7P. The quantitative estimate of drug-likeness (QED) is 0.0210. The number of phosphoric acid groups is 1. The van der Waals surface area contributed by atoms with Crippen LogP contribution in [0.5, 0.6) is 0 Å². The Hall–Kier alpha value is -2.06. The number of carbonyl (C=O) groups is 1. The van der Waals surface area contributed by atoms with Crippen molar-refractivity contribution in [1.29, 1.82) is 0 Å². The Balaban J connectivity index is 4.47. The minimum atomic E-state index is -4.55. The second-order valence-corrected chi connectivity index (χ2v) is 15.3. The molecule has 0 aliphatic rings. The van der Waals surface area contributed by atoms with E-state index in [1.54, 1.807) is 6.08 Å². The van der Waals surface area contributed by atoms with E-state index >= 15 is 0 Å². The van der Waals surface area contributed by atoms with Crippen molar-refractivity contribution in [3.05, 3.63) is 72.9 Å². The van der Waals surface area contributed by atoms with Crippen LogP contribution in [0, 0.1) is 0 Å². The molecule has 0 aromatic rings. The van der Waals surface area contributed by atoms with Gasteiger partial charge in [0.25, 0.3) is 7.82 Å². The van der Waals surface area contributed by atoms with Gasteiger partial charge in [-0.25, -0.2) is 0 Å². The Bertz CT molecular complexity index is 1040. The summed E-state index contributed by atoms with van der Waals surface area (Å²) in [5.74, 6) is -0.466. The summed E-state index contributed by atoms with van der Waals surface area (Å²) in [4.78, 5) is 24.9. The molecule has 8 nitrogen and oxygen atoms in total. The van der Waals surface area contributed by atoms with Crippen molar-refractivity contribution in [3.63, 3.8) is 0 Å². The molecule has 51 heavy (non-hydrogen) atoms. The average molecular weight is 736 g/mol. The number of hydrogen-bond donors (Lipinski definition) is 0. The Morgan fingerprint density at radius 3 is 1.69 bits per heavy atom. The summed E-state index contributed by atoms with van der Waals surface area (Å²) in [5, 5.41) is 0. The van der Waals surface area contributed by atoms with Gasteiger partial charge in [-0.3, -0.25) is 9.36 Å². The fraction of sp³-hybridized carbons (Fsp3) is 0.690. The SMILES string of the molecule is CC/C=C\C/C=C\C/C=C\C/C=C\C/C=C\CC(=O)OC(COCCCCCCCC/C=C\CCCCCC)COP(=O)([O-])OCC[N+](C)(C)C. The van der Waals surface area contributed by atoms with Crippen LogP contribution in [0.1, 0.15) is 129 Å². The number of hydrogen-bond acceptors (Lipinski definition) is 7. The first-order chi connectivity index (χ1) is 24.6. The van der Waals surface area contributed by atoms with Crippen LogP contribution in [-0.4, -0.2) is 70.7 Å². The van der Waals surface area contributed by atoms with Crippen molar-refractivity contribution in [3.8, 4) is 0 Å². The molecule has 0 radical (unpaired) electrons. The van der Waals surface area contributed by atoms with Crippen LogP contribution in [0.25, 0.3) is 0 Å². The van der Waals surface area contributed by atoms with Crippen LogP contribution in [-0.2, 0) is 27.9 Å². The molecule has 294 valence electrons. The van der Waals surface area contributed by atoms with E-state index in [4.69, 9.17) is 18.5 Å². The van der Waals surface area contributed by atoms with Crippen molar-refractivity contribution in [2.75, 3.05) is 54.1 Å². The maximum Gasteiger partial charge on any atom is 0.310 e. The molecule has 0 aliphatic heterocycles. The van der Waals surface area contributed by atoms with E-state index in [1.807, 2.05) is 27.2 Å². The van der Waals surface area contributed by atoms with E-state index in [9.17, 15) is 14.3 Å². The lowest BCUT2D eigenvalue weighted by Gasteiger charge is -2.28. The Morgan fingerprint density at radius 1 is 0.627 bits per heavy atom. The number of unbranched alkanes of at least 4 members (excludes halogenated alkanes) is 10. The van der Waals surface area contributed by atoms with Crippen LogP contribution in [0.3, 0.4) is 0 Å². The molecule has 0 amide bonds. The largest absolute Gasteiger partial charge is 0.756 e. The highest BCUT2D eigenvalue weighted by Gasteiger charge is 2.20. The minimum absolute atomic E-state index is 0.00509. The number of nitrogens with zero attached hydrogens (tertiary/aromatic N) is 1. The monoisotopic (exact) mass is 736 g/mol. The molecule has 0 fully saturated rings. The number of likely N-dealkylation sites (N-methyl/N-ethyl adjacent to an activating group) is 1. The van der Waals surface area contributed by atoms with Crippen molar-refractivity contribution in [1.82, 2.24) is 0 Å². The highest BCUT2D eigenvalue weighted by molar-refractivity contribution is 7.45. The van der Waals surface area contributed by atoms with Crippen LogP contribution in [0.2, 0.25) is 0 Å². The van der Waals surface area contributed by atoms with Crippen molar-refractivity contribution in [2.24, 2.45) is 0 Å². The van der Waals surface area contributed by atoms with Gasteiger partial charge in [0.2, 0.25) is 0 Å². The van der Waals surface area contributed by atoms with Crippen LogP contribution < -0.4 is 4.89 Å². The molecule has 0 aromatic heterocycles. The zero-order valence-corrected chi connectivity index (χ0v) is 33.9. The maximum atomic E-state index is 12.6. The Labute approximate surface area is 312 Å². The predicted molar refractivity (Wildman–Crippen MR) is 212 cm³/mol. The first-order valence-electron chi connectivity index (χ1n) is 19.7. The maximum absolute atomic E-state index is 12.6. The molecular weight excluding hydrogens is 661 g/mol. The summed E-state index contributed by atoms with van der Waals surface area (Å²) >= 11 is 0. The summed E-state index contributed by atoms with van der Waals surface area (Å²) in [5.41, 5.74) is 0. The van der Waals surface area contributed by atoms with E-state index in [2.05, 4.69) is 74.6 Å². The first-order valence-corrected chi connectivity index (χ1v) is 21.1. The molecule has 0 aromatic carbocycles. The standard InChI is InChI=1S/C42H74NO7P/c1-6-8-10-12-14-16-18-20-22-23-25-27-29-31-33-35-42(44)50-41(40-49-51(45,46)48-38-36-43(3,4)5)39-47-37-34-32-30-28-26-24-21-19-17-15-13-11-9-7-2/h8,10,14,16-17,19-20,22,25,27,31,33,41H,6-7,9,11-13,15,18,21,23-24,26,28-30,32,34-40H2,1-5H3/b10-8-,16-14-,19-17-,22-20-,27-25-,33-31-. The third-order valence-corrected chi connectivity index (χ3v) is 8.74. The number of rotatable bonds is 35. The third-order valence-electron chi connectivity index (χ3n) is 7.77. The molecule has 2 atom stereocenters. The Kier molecular flexibility index (Phi) is 33.6. The zero-order valence-electron chi connectivity index (χ0n) is 33.0. The summed E-state index contributed by atoms with van der Waals surface area (Å²) in [6, 6.07) is 0. The van der Waals surface area contributed by atoms with Crippen molar-refractivity contribution < 1.29 is 37.3 Å². The van der Waals surface area contributed by atoms with Gasteiger partial charge in [0.1, 0.15) is 19.3 Å². The van der Waals surface area contributed by atoms with Gasteiger partial charge in [0.15, 0.2) is 0 Å². The normalized spacial score (nSPS) is 14.7. The van der Waals surface area contributed by atoms with E-state index in [0.29, 0.717) is 24.1 Å². The molecule has 2 unspecified atom stereocenters. The second kappa shape index (κ2) is 35.0. The Morgan fingerprint density at radius 2 is 1.14 bits per heavy atom.